The molecule has 0 amide bonds. The van der Waals surface area contributed by atoms with Gasteiger partial charge in [-0.2, -0.15) is 0 Å². The topological polar surface area (TPSA) is 9.23 Å². The molecular weight excluding hydrogens is 244 g/mol. The zero-order valence-electron chi connectivity index (χ0n) is 14.6. The van der Waals surface area contributed by atoms with Gasteiger partial charge in [0.25, 0.3) is 0 Å². The van der Waals surface area contributed by atoms with Gasteiger partial charge in [-0.05, 0) is 18.8 Å². The van der Waals surface area contributed by atoms with Gasteiger partial charge in [-0.1, -0.05) is 91.4 Å². The number of hydrogen-bond donors (Lipinski definition) is 0. The van der Waals surface area contributed by atoms with Crippen LogP contribution in [0.25, 0.3) is 0 Å². The van der Waals surface area contributed by atoms with Crippen LogP contribution >= 0.6 is 0 Å². The van der Waals surface area contributed by atoms with Crippen LogP contribution in [0.1, 0.15) is 104 Å². The molecule has 0 aromatic carbocycles. The van der Waals surface area contributed by atoms with Crippen molar-refractivity contribution in [2.75, 3.05) is 13.2 Å². The Morgan fingerprint density at radius 1 is 0.600 bits per heavy atom. The molecule has 0 rings (SSSR count). The van der Waals surface area contributed by atoms with Crippen molar-refractivity contribution in [1.29, 1.82) is 0 Å². The lowest BCUT2D eigenvalue weighted by Gasteiger charge is -2.05. The Morgan fingerprint density at radius 2 is 1.05 bits per heavy atom. The summed E-state index contributed by atoms with van der Waals surface area (Å²) >= 11 is 0. The molecule has 0 heterocycles. The highest BCUT2D eigenvalue weighted by Gasteiger charge is 1.95. The van der Waals surface area contributed by atoms with Crippen LogP contribution in [0.2, 0.25) is 0 Å². The maximum Gasteiger partial charge on any atom is 0.0466 e. The highest BCUT2D eigenvalue weighted by molar-refractivity contribution is 4.49. The number of ether oxygens (including phenoxy) is 1. The first-order valence-corrected chi connectivity index (χ1v) is 9.35. The summed E-state index contributed by atoms with van der Waals surface area (Å²) in [6, 6.07) is 0. The summed E-state index contributed by atoms with van der Waals surface area (Å²) in [7, 11) is 0. The van der Waals surface area contributed by atoms with Gasteiger partial charge < -0.3 is 4.74 Å². The van der Waals surface area contributed by atoms with Crippen LogP contribution in [0.4, 0.5) is 0 Å². The van der Waals surface area contributed by atoms with Gasteiger partial charge in [-0.3, -0.25) is 0 Å². The summed E-state index contributed by atoms with van der Waals surface area (Å²) in [4.78, 5) is 0. The summed E-state index contributed by atoms with van der Waals surface area (Å²) in [5.74, 6) is 0.886. The number of hydrogen-bond acceptors (Lipinski definition) is 1. The van der Waals surface area contributed by atoms with Gasteiger partial charge in [-0.25, -0.2) is 0 Å². The second-order valence-corrected chi connectivity index (χ2v) is 6.68. The molecule has 0 bridgehead atoms. The van der Waals surface area contributed by atoms with Gasteiger partial charge in [0, 0.05) is 13.2 Å². The van der Waals surface area contributed by atoms with E-state index in [1.807, 2.05) is 0 Å². The van der Waals surface area contributed by atoms with E-state index >= 15 is 0 Å². The first kappa shape index (κ1) is 20.0. The molecule has 0 aliphatic rings. The van der Waals surface area contributed by atoms with E-state index in [1.54, 1.807) is 0 Å². The normalized spacial score (nSPS) is 11.4. The van der Waals surface area contributed by atoms with Crippen LogP contribution in [0.3, 0.4) is 0 Å². The third-order valence-corrected chi connectivity index (χ3v) is 3.96. The summed E-state index contributed by atoms with van der Waals surface area (Å²) in [5, 5.41) is 0. The zero-order valence-corrected chi connectivity index (χ0v) is 14.6. The highest BCUT2D eigenvalue weighted by Crippen LogP contribution is 2.12. The summed E-state index contributed by atoms with van der Waals surface area (Å²) in [6.07, 6.45) is 17.9. The van der Waals surface area contributed by atoms with Crippen LogP contribution < -0.4 is 0 Å². The van der Waals surface area contributed by atoms with Crippen molar-refractivity contribution in [3.63, 3.8) is 0 Å². The maximum atomic E-state index is 5.66. The standard InChI is InChI=1S/C19H40O/c1-4-5-6-14-17-20-18-15-12-10-8-7-9-11-13-16-19(2)3/h19H,4-18H2,1-3H3. The Bertz CT molecular complexity index is 165. The highest BCUT2D eigenvalue weighted by atomic mass is 16.5. The molecule has 0 saturated carbocycles. The van der Waals surface area contributed by atoms with Crippen LogP contribution in [-0.4, -0.2) is 13.2 Å². The van der Waals surface area contributed by atoms with Crippen molar-refractivity contribution in [3.05, 3.63) is 0 Å². The second-order valence-electron chi connectivity index (χ2n) is 6.68. The molecule has 122 valence electrons. The minimum absolute atomic E-state index is 0.886. The molecule has 0 aliphatic carbocycles. The van der Waals surface area contributed by atoms with E-state index in [1.165, 1.54) is 83.5 Å². The molecule has 0 unspecified atom stereocenters. The average molecular weight is 285 g/mol. The lowest BCUT2D eigenvalue weighted by Crippen LogP contribution is -1.97. The summed E-state index contributed by atoms with van der Waals surface area (Å²) < 4.78 is 5.66. The van der Waals surface area contributed by atoms with Crippen molar-refractivity contribution >= 4 is 0 Å². The minimum atomic E-state index is 0.886. The fourth-order valence-corrected chi connectivity index (χ4v) is 2.55. The predicted molar refractivity (Wildman–Crippen MR) is 91.4 cm³/mol. The third-order valence-electron chi connectivity index (χ3n) is 3.96. The number of rotatable bonds is 16. The zero-order chi connectivity index (χ0) is 14.9. The van der Waals surface area contributed by atoms with Gasteiger partial charge in [0.15, 0.2) is 0 Å². The fraction of sp³-hybridized carbons (Fsp3) is 1.00. The molecule has 0 atom stereocenters. The summed E-state index contributed by atoms with van der Waals surface area (Å²) in [6.45, 7) is 8.87. The Morgan fingerprint density at radius 3 is 1.55 bits per heavy atom. The van der Waals surface area contributed by atoms with Crippen molar-refractivity contribution in [2.45, 2.75) is 104 Å². The molecule has 0 spiro atoms. The lowest BCUT2D eigenvalue weighted by molar-refractivity contribution is 0.125. The van der Waals surface area contributed by atoms with Gasteiger partial charge in [-0.15, -0.1) is 0 Å². The first-order valence-electron chi connectivity index (χ1n) is 9.35. The van der Waals surface area contributed by atoms with E-state index in [0.717, 1.165) is 19.1 Å². The van der Waals surface area contributed by atoms with Crippen molar-refractivity contribution < 1.29 is 4.74 Å². The molecule has 0 fully saturated rings. The second kappa shape index (κ2) is 17.0. The van der Waals surface area contributed by atoms with E-state index in [9.17, 15) is 0 Å². The summed E-state index contributed by atoms with van der Waals surface area (Å²) in [5.41, 5.74) is 0. The SMILES string of the molecule is CCCCCCOCCCCCCCCCCC(C)C. The van der Waals surface area contributed by atoms with Gasteiger partial charge >= 0.3 is 0 Å². The van der Waals surface area contributed by atoms with Crippen molar-refractivity contribution in [2.24, 2.45) is 5.92 Å². The van der Waals surface area contributed by atoms with Gasteiger partial charge in [0.1, 0.15) is 0 Å². The van der Waals surface area contributed by atoms with Crippen LogP contribution in [0.5, 0.6) is 0 Å². The molecule has 0 aromatic heterocycles. The predicted octanol–water partition coefficient (Wildman–Crippen LogP) is 6.75. The monoisotopic (exact) mass is 284 g/mol. The lowest BCUT2D eigenvalue weighted by atomic mass is 10.0. The smallest absolute Gasteiger partial charge is 0.0466 e. The molecule has 1 nitrogen and oxygen atoms in total. The van der Waals surface area contributed by atoms with E-state index in [0.29, 0.717) is 0 Å². The van der Waals surface area contributed by atoms with Crippen molar-refractivity contribution in [1.82, 2.24) is 0 Å². The van der Waals surface area contributed by atoms with E-state index in [4.69, 9.17) is 4.74 Å². The molecule has 20 heavy (non-hydrogen) atoms. The van der Waals surface area contributed by atoms with Crippen molar-refractivity contribution in [3.8, 4) is 0 Å². The van der Waals surface area contributed by atoms with E-state index in [2.05, 4.69) is 20.8 Å². The fourth-order valence-electron chi connectivity index (χ4n) is 2.55. The van der Waals surface area contributed by atoms with Gasteiger partial charge in [0.05, 0.1) is 0 Å². The Balaban J connectivity index is 2.92. The van der Waals surface area contributed by atoms with Crippen LogP contribution in [0.15, 0.2) is 0 Å². The molecule has 0 aliphatic heterocycles. The molecular formula is C19H40O. The van der Waals surface area contributed by atoms with E-state index in [-0.39, 0.29) is 0 Å². The van der Waals surface area contributed by atoms with Gasteiger partial charge in [0.2, 0.25) is 0 Å². The quantitative estimate of drug-likeness (QED) is 0.285. The molecule has 0 saturated heterocycles. The molecule has 1 heteroatoms. The van der Waals surface area contributed by atoms with Crippen LogP contribution in [-0.2, 0) is 4.74 Å². The molecule has 0 radical (unpaired) electrons. The molecule has 0 N–H and O–H groups in total. The van der Waals surface area contributed by atoms with Crippen LogP contribution in [0, 0.1) is 5.92 Å². The minimum Gasteiger partial charge on any atom is -0.381 e. The largest absolute Gasteiger partial charge is 0.381 e. The Kier molecular flexibility index (Phi) is 17.0. The molecule has 0 aromatic rings. The average Bonchev–Trinajstić information content (AvgIpc) is 2.43. The Labute approximate surface area is 128 Å². The first-order chi connectivity index (χ1) is 9.77. The maximum absolute atomic E-state index is 5.66. The van der Waals surface area contributed by atoms with E-state index < -0.39 is 0 Å². The number of unbranched alkanes of at least 4 members (excludes halogenated alkanes) is 10. The third kappa shape index (κ3) is 18.0. The Hall–Kier alpha value is -0.0400.